The molecule has 0 aliphatic rings. The minimum atomic E-state index is -0.000715. The third kappa shape index (κ3) is 11.9. The maximum absolute atomic E-state index is 11.7. The Morgan fingerprint density at radius 3 is 2.12 bits per heavy atom. The summed E-state index contributed by atoms with van der Waals surface area (Å²) in [5, 5.41) is 4.02. The van der Waals surface area contributed by atoms with Crippen molar-refractivity contribution in [2.75, 3.05) is 0 Å². The number of hydrogen-bond acceptors (Lipinski definition) is 2. The lowest BCUT2D eigenvalue weighted by molar-refractivity contribution is -0.121. The van der Waals surface area contributed by atoms with Crippen molar-refractivity contribution in [3.05, 3.63) is 34.3 Å². The predicted octanol–water partition coefficient (Wildman–Crippen LogP) is 6.60. The van der Waals surface area contributed by atoms with Gasteiger partial charge in [-0.25, -0.2) is 5.43 Å². The van der Waals surface area contributed by atoms with Crippen LogP contribution in [0.5, 0.6) is 0 Å². The molecule has 1 N–H and O–H groups in total. The van der Waals surface area contributed by atoms with Crippen molar-refractivity contribution >= 4 is 28.1 Å². The summed E-state index contributed by atoms with van der Waals surface area (Å²) in [5.74, 6) is -0.000715. The number of halogens is 1. The number of rotatable bonds is 14. The Morgan fingerprint density at radius 1 is 0.960 bits per heavy atom. The summed E-state index contributed by atoms with van der Waals surface area (Å²) in [6.45, 7) is 2.26. The molecule has 0 aromatic heterocycles. The molecule has 3 nitrogen and oxygen atoms in total. The van der Waals surface area contributed by atoms with Gasteiger partial charge in [-0.15, -0.1) is 0 Å². The molecule has 0 saturated heterocycles. The number of nitrogens with zero attached hydrogens (tertiary/aromatic N) is 1. The van der Waals surface area contributed by atoms with Gasteiger partial charge in [-0.2, -0.15) is 5.10 Å². The molecular weight excluding hydrogens is 376 g/mol. The molecule has 0 bridgehead atoms. The van der Waals surface area contributed by atoms with Crippen LogP contribution in [0.25, 0.3) is 0 Å². The quantitative estimate of drug-likeness (QED) is 0.210. The first-order chi connectivity index (χ1) is 12.2. The van der Waals surface area contributed by atoms with E-state index in [1.807, 2.05) is 24.3 Å². The molecule has 1 amide bonds. The van der Waals surface area contributed by atoms with Crippen LogP contribution in [0, 0.1) is 0 Å². The van der Waals surface area contributed by atoms with Gasteiger partial charge in [-0.1, -0.05) is 105 Å². The van der Waals surface area contributed by atoms with Gasteiger partial charge in [0.1, 0.15) is 0 Å². The average molecular weight is 409 g/mol. The molecule has 4 heteroatoms. The van der Waals surface area contributed by atoms with E-state index >= 15 is 0 Å². The number of benzene rings is 1. The van der Waals surface area contributed by atoms with Crippen LogP contribution >= 0.6 is 15.9 Å². The molecule has 25 heavy (non-hydrogen) atoms. The Kier molecular flexibility index (Phi) is 13.2. The lowest BCUT2D eigenvalue weighted by Gasteiger charge is -2.03. The SMILES string of the molecule is CCCCCCCCCCCCCC(=O)NN=Cc1ccccc1Br. The largest absolute Gasteiger partial charge is 0.273 e. The molecule has 0 spiro atoms. The highest BCUT2D eigenvalue weighted by Gasteiger charge is 2.00. The minimum Gasteiger partial charge on any atom is -0.273 e. The fourth-order valence-electron chi connectivity index (χ4n) is 2.76. The van der Waals surface area contributed by atoms with Gasteiger partial charge in [0.25, 0.3) is 0 Å². The smallest absolute Gasteiger partial charge is 0.240 e. The van der Waals surface area contributed by atoms with Crippen LogP contribution in [0.1, 0.15) is 89.5 Å². The lowest BCUT2D eigenvalue weighted by Crippen LogP contribution is -2.16. The Morgan fingerprint density at radius 2 is 1.52 bits per heavy atom. The zero-order valence-corrected chi connectivity index (χ0v) is 17.2. The summed E-state index contributed by atoms with van der Waals surface area (Å²) in [6, 6.07) is 7.80. The van der Waals surface area contributed by atoms with Gasteiger partial charge < -0.3 is 0 Å². The van der Waals surface area contributed by atoms with Gasteiger partial charge in [-0.3, -0.25) is 4.79 Å². The molecular formula is C21H33BrN2O. The van der Waals surface area contributed by atoms with E-state index in [2.05, 4.69) is 33.4 Å². The first-order valence-corrected chi connectivity index (χ1v) is 10.6. The van der Waals surface area contributed by atoms with Crippen LogP contribution in [0.4, 0.5) is 0 Å². The molecule has 0 heterocycles. The van der Waals surface area contributed by atoms with Crippen LogP contribution in [0.2, 0.25) is 0 Å². The summed E-state index contributed by atoms with van der Waals surface area (Å²) in [7, 11) is 0. The van der Waals surface area contributed by atoms with Crippen molar-refractivity contribution in [1.82, 2.24) is 5.43 Å². The molecule has 140 valence electrons. The van der Waals surface area contributed by atoms with E-state index in [4.69, 9.17) is 0 Å². The summed E-state index contributed by atoms with van der Waals surface area (Å²) in [4.78, 5) is 11.7. The van der Waals surface area contributed by atoms with E-state index in [-0.39, 0.29) is 5.91 Å². The fourth-order valence-corrected chi connectivity index (χ4v) is 3.15. The number of unbranched alkanes of at least 4 members (excludes halogenated alkanes) is 10. The molecule has 1 aromatic carbocycles. The molecule has 0 radical (unpaired) electrons. The van der Waals surface area contributed by atoms with Crippen LogP contribution < -0.4 is 5.43 Å². The summed E-state index contributed by atoms with van der Waals surface area (Å²) in [6.07, 6.45) is 16.5. The van der Waals surface area contributed by atoms with E-state index in [0.29, 0.717) is 6.42 Å². The molecule has 0 saturated carbocycles. The van der Waals surface area contributed by atoms with Crippen LogP contribution in [0.3, 0.4) is 0 Å². The third-order valence-electron chi connectivity index (χ3n) is 4.31. The number of carbonyl (C=O) groups excluding carboxylic acids is 1. The highest BCUT2D eigenvalue weighted by molar-refractivity contribution is 9.10. The summed E-state index contributed by atoms with van der Waals surface area (Å²) >= 11 is 3.45. The normalized spacial score (nSPS) is 11.1. The second kappa shape index (κ2) is 15.1. The van der Waals surface area contributed by atoms with Crippen LogP contribution in [0.15, 0.2) is 33.8 Å². The first kappa shape index (κ1) is 21.9. The first-order valence-electron chi connectivity index (χ1n) is 9.80. The van der Waals surface area contributed by atoms with Crippen molar-refractivity contribution < 1.29 is 4.79 Å². The van der Waals surface area contributed by atoms with Gasteiger partial charge in [-0.05, 0) is 12.5 Å². The van der Waals surface area contributed by atoms with Crippen LogP contribution in [-0.4, -0.2) is 12.1 Å². The summed E-state index contributed by atoms with van der Waals surface area (Å²) < 4.78 is 0.971. The van der Waals surface area contributed by atoms with Crippen LogP contribution in [-0.2, 0) is 4.79 Å². The average Bonchev–Trinajstić information content (AvgIpc) is 2.61. The standard InChI is InChI=1S/C21H33BrN2O/c1-2-3-4-5-6-7-8-9-10-11-12-17-21(25)24-23-18-19-15-13-14-16-20(19)22/h13-16,18H,2-12,17H2,1H3,(H,24,25). The predicted molar refractivity (Wildman–Crippen MR) is 111 cm³/mol. The maximum atomic E-state index is 11.7. The van der Waals surface area contributed by atoms with Gasteiger partial charge in [0.05, 0.1) is 6.21 Å². The number of nitrogens with one attached hydrogen (secondary N) is 1. The van der Waals surface area contributed by atoms with Crippen molar-refractivity contribution in [1.29, 1.82) is 0 Å². The van der Waals surface area contributed by atoms with Gasteiger partial charge in [0.2, 0.25) is 5.91 Å². The molecule has 0 fully saturated rings. The molecule has 0 aliphatic carbocycles. The Hall–Kier alpha value is -1.16. The van der Waals surface area contributed by atoms with Gasteiger partial charge >= 0.3 is 0 Å². The van der Waals surface area contributed by atoms with E-state index < -0.39 is 0 Å². The maximum Gasteiger partial charge on any atom is 0.240 e. The summed E-state index contributed by atoms with van der Waals surface area (Å²) in [5.41, 5.74) is 3.56. The van der Waals surface area contributed by atoms with E-state index in [1.165, 1.54) is 57.8 Å². The lowest BCUT2D eigenvalue weighted by atomic mass is 10.1. The second-order valence-electron chi connectivity index (χ2n) is 6.60. The van der Waals surface area contributed by atoms with E-state index in [1.54, 1.807) is 6.21 Å². The minimum absolute atomic E-state index is 0.000715. The zero-order chi connectivity index (χ0) is 18.2. The molecule has 0 atom stereocenters. The molecule has 0 aliphatic heterocycles. The number of hydrogen-bond donors (Lipinski definition) is 1. The second-order valence-corrected chi connectivity index (χ2v) is 7.45. The van der Waals surface area contributed by atoms with Crippen molar-refractivity contribution in [3.8, 4) is 0 Å². The number of amides is 1. The zero-order valence-electron chi connectivity index (χ0n) is 15.6. The van der Waals surface area contributed by atoms with Crippen molar-refractivity contribution in [2.24, 2.45) is 5.10 Å². The van der Waals surface area contributed by atoms with Gasteiger partial charge in [0.15, 0.2) is 0 Å². The number of carbonyl (C=O) groups is 1. The fraction of sp³-hybridized carbons (Fsp3) is 0.619. The van der Waals surface area contributed by atoms with E-state index in [0.717, 1.165) is 22.9 Å². The number of hydrazone groups is 1. The topological polar surface area (TPSA) is 41.5 Å². The highest BCUT2D eigenvalue weighted by Crippen LogP contribution is 2.13. The molecule has 1 rings (SSSR count). The van der Waals surface area contributed by atoms with Gasteiger partial charge in [0, 0.05) is 16.5 Å². The van der Waals surface area contributed by atoms with E-state index in [9.17, 15) is 4.79 Å². The van der Waals surface area contributed by atoms with Crippen molar-refractivity contribution in [3.63, 3.8) is 0 Å². The molecule has 0 unspecified atom stereocenters. The highest BCUT2D eigenvalue weighted by atomic mass is 79.9. The Balaban J connectivity index is 1.94. The monoisotopic (exact) mass is 408 g/mol. The van der Waals surface area contributed by atoms with Crippen molar-refractivity contribution in [2.45, 2.75) is 84.0 Å². The molecule has 1 aromatic rings. The Bertz CT molecular complexity index is 502. The third-order valence-corrected chi connectivity index (χ3v) is 5.03. The Labute approximate surface area is 161 Å².